The number of carbonyl (C=O) groups is 1. The summed E-state index contributed by atoms with van der Waals surface area (Å²) >= 11 is 0. The molecule has 7 nitrogen and oxygen atoms in total. The number of anilines is 1. The minimum absolute atomic E-state index is 0.272. The number of nitrogens with zero attached hydrogens (tertiary/aromatic N) is 2. The largest absolute Gasteiger partial charge is 0.379 e. The topological polar surface area (TPSA) is 79.0 Å². The van der Waals surface area contributed by atoms with E-state index >= 15 is 0 Å². The number of morpholine rings is 1. The standard InChI is InChI=1S/C18H29N3O4S/c1-4-17(18(22)19-9-10-20-11-13-25-14-12-20)21(26(3,23)24)16-7-5-15(2)6-8-16/h5-8,17H,4,9-14H2,1-3H3,(H,19,22)/t17-/m0/s1. The van der Waals surface area contributed by atoms with Crippen molar-refractivity contribution in [3.63, 3.8) is 0 Å². The fraction of sp³-hybridized carbons (Fsp3) is 0.611. The molecular weight excluding hydrogens is 354 g/mol. The molecule has 1 amide bonds. The zero-order valence-corrected chi connectivity index (χ0v) is 16.6. The lowest BCUT2D eigenvalue weighted by atomic mass is 10.1. The van der Waals surface area contributed by atoms with Crippen LogP contribution in [0.1, 0.15) is 18.9 Å². The minimum Gasteiger partial charge on any atom is -0.379 e. The summed E-state index contributed by atoms with van der Waals surface area (Å²) in [5, 5.41) is 2.89. The van der Waals surface area contributed by atoms with Gasteiger partial charge in [-0.15, -0.1) is 0 Å². The van der Waals surface area contributed by atoms with Gasteiger partial charge in [0.2, 0.25) is 15.9 Å². The van der Waals surface area contributed by atoms with E-state index in [-0.39, 0.29) is 5.91 Å². The van der Waals surface area contributed by atoms with Gasteiger partial charge in [0, 0.05) is 26.2 Å². The van der Waals surface area contributed by atoms with Crippen LogP contribution in [-0.4, -0.2) is 70.9 Å². The first-order valence-corrected chi connectivity index (χ1v) is 10.8. The van der Waals surface area contributed by atoms with Crippen LogP contribution in [-0.2, 0) is 19.6 Å². The third-order valence-corrected chi connectivity index (χ3v) is 5.63. The molecule has 1 N–H and O–H groups in total. The quantitative estimate of drug-likeness (QED) is 0.724. The molecule has 1 aromatic rings. The Hall–Kier alpha value is -1.64. The van der Waals surface area contributed by atoms with Crippen molar-refractivity contribution in [1.82, 2.24) is 10.2 Å². The first-order chi connectivity index (χ1) is 12.3. The van der Waals surface area contributed by atoms with Gasteiger partial charge in [-0.3, -0.25) is 14.0 Å². The highest BCUT2D eigenvalue weighted by molar-refractivity contribution is 7.92. The molecule has 1 fully saturated rings. The van der Waals surface area contributed by atoms with Gasteiger partial charge in [-0.25, -0.2) is 8.42 Å². The summed E-state index contributed by atoms with van der Waals surface area (Å²) in [5.74, 6) is -0.272. The molecule has 1 aliphatic rings. The van der Waals surface area contributed by atoms with Crippen molar-refractivity contribution in [3.8, 4) is 0 Å². The number of amides is 1. The van der Waals surface area contributed by atoms with E-state index in [1.54, 1.807) is 12.1 Å². The van der Waals surface area contributed by atoms with Crippen molar-refractivity contribution in [1.29, 1.82) is 0 Å². The molecule has 1 aromatic carbocycles. The van der Waals surface area contributed by atoms with Gasteiger partial charge < -0.3 is 10.1 Å². The number of carbonyl (C=O) groups excluding carboxylic acids is 1. The molecule has 146 valence electrons. The zero-order chi connectivity index (χ0) is 19.2. The highest BCUT2D eigenvalue weighted by Crippen LogP contribution is 2.22. The number of sulfonamides is 1. The number of aryl methyl sites for hydroxylation is 1. The van der Waals surface area contributed by atoms with E-state index in [9.17, 15) is 13.2 Å². The van der Waals surface area contributed by atoms with Gasteiger partial charge in [-0.2, -0.15) is 0 Å². The predicted molar refractivity (Wildman–Crippen MR) is 103 cm³/mol. The number of rotatable bonds is 8. The van der Waals surface area contributed by atoms with Crippen LogP contribution in [0.3, 0.4) is 0 Å². The van der Waals surface area contributed by atoms with E-state index < -0.39 is 16.1 Å². The number of nitrogens with one attached hydrogen (secondary N) is 1. The lowest BCUT2D eigenvalue weighted by molar-refractivity contribution is -0.122. The molecule has 0 unspecified atom stereocenters. The van der Waals surface area contributed by atoms with E-state index in [4.69, 9.17) is 4.74 Å². The number of benzene rings is 1. The highest BCUT2D eigenvalue weighted by atomic mass is 32.2. The SMILES string of the molecule is CC[C@@H](C(=O)NCCN1CCOCC1)N(c1ccc(C)cc1)S(C)(=O)=O. The lowest BCUT2D eigenvalue weighted by Crippen LogP contribution is -2.50. The molecule has 0 bridgehead atoms. The van der Waals surface area contributed by atoms with E-state index in [0.717, 1.165) is 31.5 Å². The van der Waals surface area contributed by atoms with Crippen molar-refractivity contribution in [3.05, 3.63) is 29.8 Å². The number of hydrogen-bond donors (Lipinski definition) is 1. The van der Waals surface area contributed by atoms with Crippen LogP contribution in [0.25, 0.3) is 0 Å². The van der Waals surface area contributed by atoms with E-state index in [1.165, 1.54) is 4.31 Å². The number of ether oxygens (including phenoxy) is 1. The summed E-state index contributed by atoms with van der Waals surface area (Å²) in [5.41, 5.74) is 1.54. The summed E-state index contributed by atoms with van der Waals surface area (Å²) in [6, 6.07) is 6.39. The predicted octanol–water partition coefficient (Wildman–Crippen LogP) is 0.988. The Balaban J connectivity index is 2.06. The lowest BCUT2D eigenvalue weighted by Gasteiger charge is -2.31. The third-order valence-electron chi connectivity index (χ3n) is 4.45. The Morgan fingerprint density at radius 1 is 1.27 bits per heavy atom. The second-order valence-corrected chi connectivity index (χ2v) is 8.42. The molecule has 1 atom stereocenters. The zero-order valence-electron chi connectivity index (χ0n) is 15.8. The molecule has 0 aliphatic carbocycles. The summed E-state index contributed by atoms with van der Waals surface area (Å²) in [6.07, 6.45) is 1.53. The summed E-state index contributed by atoms with van der Waals surface area (Å²) in [7, 11) is -3.59. The monoisotopic (exact) mass is 383 g/mol. The molecule has 0 saturated carbocycles. The minimum atomic E-state index is -3.59. The average molecular weight is 384 g/mol. The Labute approximate surface area is 156 Å². The molecule has 8 heteroatoms. The molecule has 2 rings (SSSR count). The van der Waals surface area contributed by atoms with Crippen LogP contribution < -0.4 is 9.62 Å². The van der Waals surface area contributed by atoms with E-state index in [2.05, 4.69) is 10.2 Å². The normalized spacial score (nSPS) is 16.9. The molecule has 0 aromatic heterocycles. The Morgan fingerprint density at radius 2 is 1.88 bits per heavy atom. The number of hydrogen-bond acceptors (Lipinski definition) is 5. The van der Waals surface area contributed by atoms with Crippen LogP contribution in [0.5, 0.6) is 0 Å². The van der Waals surface area contributed by atoms with Gasteiger partial charge in [-0.1, -0.05) is 24.6 Å². The summed E-state index contributed by atoms with van der Waals surface area (Å²) < 4.78 is 31.3. The Morgan fingerprint density at radius 3 is 2.42 bits per heavy atom. The fourth-order valence-electron chi connectivity index (χ4n) is 3.03. The smallest absolute Gasteiger partial charge is 0.243 e. The van der Waals surface area contributed by atoms with Crippen LogP contribution in [0, 0.1) is 6.92 Å². The van der Waals surface area contributed by atoms with Gasteiger partial charge in [0.1, 0.15) is 6.04 Å². The maximum absolute atomic E-state index is 12.7. The Kier molecular flexibility index (Phi) is 7.43. The van der Waals surface area contributed by atoms with Gasteiger partial charge in [0.25, 0.3) is 0 Å². The van der Waals surface area contributed by atoms with Crippen molar-refractivity contribution in [2.45, 2.75) is 26.3 Å². The van der Waals surface area contributed by atoms with Crippen LogP contribution >= 0.6 is 0 Å². The van der Waals surface area contributed by atoms with Crippen molar-refractivity contribution in [2.24, 2.45) is 0 Å². The molecule has 0 radical (unpaired) electrons. The van der Waals surface area contributed by atoms with Crippen LogP contribution in [0.2, 0.25) is 0 Å². The molecule has 0 spiro atoms. The molecule has 26 heavy (non-hydrogen) atoms. The molecule has 1 heterocycles. The first-order valence-electron chi connectivity index (χ1n) is 8.97. The average Bonchev–Trinajstić information content (AvgIpc) is 2.60. The van der Waals surface area contributed by atoms with E-state index in [0.29, 0.717) is 31.9 Å². The van der Waals surface area contributed by atoms with Gasteiger partial charge in [-0.05, 0) is 25.5 Å². The first kappa shape index (κ1) is 20.7. The van der Waals surface area contributed by atoms with Gasteiger partial charge in [0.05, 0.1) is 25.2 Å². The van der Waals surface area contributed by atoms with Crippen molar-refractivity contribution >= 4 is 21.6 Å². The van der Waals surface area contributed by atoms with Crippen molar-refractivity contribution in [2.75, 3.05) is 50.0 Å². The second kappa shape index (κ2) is 9.34. The Bertz CT molecular complexity index is 685. The fourth-order valence-corrected chi connectivity index (χ4v) is 4.24. The van der Waals surface area contributed by atoms with Crippen molar-refractivity contribution < 1.29 is 17.9 Å². The van der Waals surface area contributed by atoms with Gasteiger partial charge >= 0.3 is 0 Å². The second-order valence-electron chi connectivity index (χ2n) is 6.56. The third kappa shape index (κ3) is 5.69. The van der Waals surface area contributed by atoms with Crippen LogP contribution in [0.15, 0.2) is 24.3 Å². The summed E-state index contributed by atoms with van der Waals surface area (Å²) in [4.78, 5) is 14.9. The maximum Gasteiger partial charge on any atom is 0.243 e. The summed E-state index contributed by atoms with van der Waals surface area (Å²) in [6.45, 7) is 8.10. The van der Waals surface area contributed by atoms with Gasteiger partial charge in [0.15, 0.2) is 0 Å². The molecule has 1 saturated heterocycles. The highest BCUT2D eigenvalue weighted by Gasteiger charge is 2.31. The van der Waals surface area contributed by atoms with Crippen LogP contribution in [0.4, 0.5) is 5.69 Å². The molecular formula is C18H29N3O4S. The maximum atomic E-state index is 12.7. The molecule has 1 aliphatic heterocycles. The van der Waals surface area contributed by atoms with E-state index in [1.807, 2.05) is 26.0 Å².